The van der Waals surface area contributed by atoms with Gasteiger partial charge in [0.2, 0.25) is 0 Å². The molecule has 1 rings (SSSR count). The first-order valence-electron chi connectivity index (χ1n) is 5.82. The van der Waals surface area contributed by atoms with Crippen molar-refractivity contribution in [2.75, 3.05) is 18.5 Å². The fourth-order valence-corrected chi connectivity index (χ4v) is 1.94. The van der Waals surface area contributed by atoms with Crippen LogP contribution in [0.15, 0.2) is 24.3 Å². The van der Waals surface area contributed by atoms with Crippen molar-refractivity contribution in [2.45, 2.75) is 13.8 Å². The summed E-state index contributed by atoms with van der Waals surface area (Å²) in [7, 11) is 2.01. The van der Waals surface area contributed by atoms with Crippen LogP contribution >= 0.6 is 11.6 Å². The molecule has 0 unspecified atom stereocenters. The maximum atomic E-state index is 10.4. The van der Waals surface area contributed by atoms with Gasteiger partial charge in [-0.1, -0.05) is 31.5 Å². The van der Waals surface area contributed by atoms with Crippen molar-refractivity contribution < 1.29 is 9.90 Å². The zero-order chi connectivity index (χ0) is 13.7. The Bertz CT molecular complexity index is 455. The van der Waals surface area contributed by atoms with Crippen LogP contribution in [0.2, 0.25) is 5.02 Å². The van der Waals surface area contributed by atoms with E-state index in [9.17, 15) is 4.79 Å². The summed E-state index contributed by atoms with van der Waals surface area (Å²) in [4.78, 5) is 12.6. The molecule has 0 radical (unpaired) electrons. The summed E-state index contributed by atoms with van der Waals surface area (Å²) in [5.74, 6) is -0.410. The van der Waals surface area contributed by atoms with E-state index in [-0.39, 0.29) is 0 Å². The molecule has 98 valence electrons. The Balaban J connectivity index is 2.88. The van der Waals surface area contributed by atoms with Gasteiger partial charge in [0.15, 0.2) is 0 Å². The van der Waals surface area contributed by atoms with Gasteiger partial charge in [0.05, 0.1) is 0 Å². The summed E-state index contributed by atoms with van der Waals surface area (Å²) < 4.78 is 0. The van der Waals surface area contributed by atoms with Gasteiger partial charge in [0.25, 0.3) is 0 Å². The number of nitrogens with zero attached hydrogens (tertiary/aromatic N) is 1. The second kappa shape index (κ2) is 6.45. The number of aliphatic carboxylic acids is 1. The van der Waals surface area contributed by atoms with E-state index in [4.69, 9.17) is 16.7 Å². The van der Waals surface area contributed by atoms with E-state index in [2.05, 4.69) is 18.7 Å². The van der Waals surface area contributed by atoms with Crippen LogP contribution in [0.5, 0.6) is 0 Å². The molecule has 1 aromatic carbocycles. The van der Waals surface area contributed by atoms with Crippen LogP contribution in [0.4, 0.5) is 5.69 Å². The number of carbonyl (C=O) groups is 1. The van der Waals surface area contributed by atoms with Crippen LogP contribution in [0.25, 0.3) is 6.08 Å². The largest absolute Gasteiger partial charge is 0.478 e. The van der Waals surface area contributed by atoms with Gasteiger partial charge in [-0.15, -0.1) is 0 Å². The molecule has 0 atom stereocenters. The van der Waals surface area contributed by atoms with Crippen LogP contribution < -0.4 is 4.90 Å². The molecule has 0 saturated carbocycles. The van der Waals surface area contributed by atoms with Crippen molar-refractivity contribution in [3.05, 3.63) is 34.9 Å². The zero-order valence-corrected chi connectivity index (χ0v) is 11.6. The number of benzene rings is 1. The highest BCUT2D eigenvalue weighted by atomic mass is 35.5. The second-order valence-electron chi connectivity index (χ2n) is 4.65. The van der Waals surface area contributed by atoms with Gasteiger partial charge in [-0.25, -0.2) is 4.79 Å². The number of hydrogen-bond donors (Lipinski definition) is 1. The van der Waals surface area contributed by atoms with Gasteiger partial charge in [0.1, 0.15) is 0 Å². The average molecular weight is 268 g/mol. The van der Waals surface area contributed by atoms with Crippen molar-refractivity contribution in [1.82, 2.24) is 0 Å². The van der Waals surface area contributed by atoms with E-state index in [1.807, 2.05) is 25.2 Å². The standard InChI is InChI=1S/C14H18ClNO2/c1-10(2)9-16(3)12-6-4-11(13(15)8-12)5-7-14(17)18/h4-8,10H,9H2,1-3H3,(H,17,18)/b7-5+. The maximum absolute atomic E-state index is 10.4. The summed E-state index contributed by atoms with van der Waals surface area (Å²) in [5, 5.41) is 9.13. The molecular weight excluding hydrogens is 250 g/mol. The van der Waals surface area contributed by atoms with Crippen LogP contribution in [-0.4, -0.2) is 24.7 Å². The highest BCUT2D eigenvalue weighted by molar-refractivity contribution is 6.32. The van der Waals surface area contributed by atoms with Crippen molar-refractivity contribution in [2.24, 2.45) is 5.92 Å². The molecule has 1 aromatic rings. The van der Waals surface area contributed by atoms with Gasteiger partial charge < -0.3 is 10.0 Å². The van der Waals surface area contributed by atoms with Gasteiger partial charge >= 0.3 is 5.97 Å². The normalized spacial score (nSPS) is 11.2. The minimum atomic E-state index is -0.980. The number of hydrogen-bond acceptors (Lipinski definition) is 2. The lowest BCUT2D eigenvalue weighted by atomic mass is 10.1. The number of halogens is 1. The van der Waals surface area contributed by atoms with Crippen LogP contribution in [0, 0.1) is 5.92 Å². The molecule has 0 aromatic heterocycles. The maximum Gasteiger partial charge on any atom is 0.328 e. The molecule has 0 fully saturated rings. The Kier molecular flexibility index (Phi) is 5.23. The summed E-state index contributed by atoms with van der Waals surface area (Å²) >= 11 is 6.12. The number of carboxylic acids is 1. The number of anilines is 1. The zero-order valence-electron chi connectivity index (χ0n) is 10.9. The second-order valence-corrected chi connectivity index (χ2v) is 5.06. The van der Waals surface area contributed by atoms with Crippen molar-refractivity contribution in [3.8, 4) is 0 Å². The molecule has 0 heterocycles. The first-order valence-corrected chi connectivity index (χ1v) is 6.19. The Morgan fingerprint density at radius 1 is 1.50 bits per heavy atom. The third-order valence-corrected chi connectivity index (χ3v) is 2.80. The number of rotatable bonds is 5. The quantitative estimate of drug-likeness (QED) is 0.830. The molecule has 0 saturated heterocycles. The van der Waals surface area contributed by atoms with E-state index in [1.165, 1.54) is 6.08 Å². The molecule has 0 amide bonds. The molecule has 4 heteroatoms. The van der Waals surface area contributed by atoms with Crippen LogP contribution in [0.3, 0.4) is 0 Å². The van der Waals surface area contributed by atoms with Crippen molar-refractivity contribution >= 4 is 29.3 Å². The lowest BCUT2D eigenvalue weighted by molar-refractivity contribution is -0.131. The summed E-state index contributed by atoms with van der Waals surface area (Å²) in [5.41, 5.74) is 1.74. The van der Waals surface area contributed by atoms with Crippen molar-refractivity contribution in [3.63, 3.8) is 0 Å². The lowest BCUT2D eigenvalue weighted by Gasteiger charge is -2.22. The smallest absolute Gasteiger partial charge is 0.328 e. The first kappa shape index (κ1) is 14.6. The summed E-state index contributed by atoms with van der Waals surface area (Å²) in [6, 6.07) is 5.62. The van der Waals surface area contributed by atoms with Crippen LogP contribution in [-0.2, 0) is 4.79 Å². The van der Waals surface area contributed by atoms with Gasteiger partial charge in [-0.05, 0) is 29.7 Å². The third kappa shape index (κ3) is 4.41. The fraction of sp³-hybridized carbons (Fsp3) is 0.357. The fourth-order valence-electron chi connectivity index (χ4n) is 1.70. The highest BCUT2D eigenvalue weighted by Crippen LogP contribution is 2.24. The summed E-state index contributed by atoms with van der Waals surface area (Å²) in [6.45, 7) is 5.25. The third-order valence-electron chi connectivity index (χ3n) is 2.47. The molecule has 0 aliphatic heterocycles. The first-order chi connectivity index (χ1) is 8.40. The minimum absolute atomic E-state index is 0.556. The predicted octanol–water partition coefficient (Wildman–Crippen LogP) is 3.53. The average Bonchev–Trinajstić information content (AvgIpc) is 2.26. The molecule has 0 aliphatic rings. The predicted molar refractivity (Wildman–Crippen MR) is 76.2 cm³/mol. The molecule has 0 spiro atoms. The molecular formula is C14H18ClNO2. The SMILES string of the molecule is CC(C)CN(C)c1ccc(/C=C/C(=O)O)c(Cl)c1. The van der Waals surface area contributed by atoms with E-state index >= 15 is 0 Å². The molecule has 1 N–H and O–H groups in total. The van der Waals surface area contributed by atoms with E-state index in [0.717, 1.165) is 18.3 Å². The molecule has 3 nitrogen and oxygen atoms in total. The Morgan fingerprint density at radius 3 is 2.67 bits per heavy atom. The molecule has 0 bridgehead atoms. The van der Waals surface area contributed by atoms with E-state index in [0.29, 0.717) is 16.5 Å². The number of carboxylic acid groups (broad SMARTS) is 1. The molecule has 0 aliphatic carbocycles. The Morgan fingerprint density at radius 2 is 2.17 bits per heavy atom. The Labute approximate surface area is 113 Å². The van der Waals surface area contributed by atoms with Gasteiger partial charge in [-0.3, -0.25) is 0 Å². The lowest BCUT2D eigenvalue weighted by Crippen LogP contribution is -2.22. The highest BCUT2D eigenvalue weighted by Gasteiger charge is 2.06. The Hall–Kier alpha value is -1.48. The van der Waals surface area contributed by atoms with Crippen molar-refractivity contribution in [1.29, 1.82) is 0 Å². The monoisotopic (exact) mass is 267 g/mol. The van der Waals surface area contributed by atoms with Crippen LogP contribution in [0.1, 0.15) is 19.4 Å². The molecule has 18 heavy (non-hydrogen) atoms. The summed E-state index contributed by atoms with van der Waals surface area (Å²) in [6.07, 6.45) is 2.58. The van der Waals surface area contributed by atoms with E-state index < -0.39 is 5.97 Å². The topological polar surface area (TPSA) is 40.5 Å². The van der Waals surface area contributed by atoms with E-state index in [1.54, 1.807) is 0 Å². The minimum Gasteiger partial charge on any atom is -0.478 e. The van der Waals surface area contributed by atoms with Gasteiger partial charge in [-0.2, -0.15) is 0 Å². The van der Waals surface area contributed by atoms with Gasteiger partial charge in [0, 0.05) is 30.4 Å².